The van der Waals surface area contributed by atoms with Crippen molar-refractivity contribution in [1.29, 1.82) is 0 Å². The summed E-state index contributed by atoms with van der Waals surface area (Å²) in [5.41, 5.74) is 0.566. The number of sulfone groups is 1. The van der Waals surface area contributed by atoms with Crippen LogP contribution in [0.5, 0.6) is 5.75 Å². The first-order chi connectivity index (χ1) is 11.2. The summed E-state index contributed by atoms with van der Waals surface area (Å²) in [4.78, 5) is 14.6. The highest BCUT2D eigenvalue weighted by atomic mass is 32.2. The van der Waals surface area contributed by atoms with Gasteiger partial charge in [0, 0.05) is 18.2 Å². The maximum Gasteiger partial charge on any atom is 0.254 e. The minimum atomic E-state index is -3.03. The Balaban J connectivity index is 2.18. The molecule has 0 radical (unpaired) electrons. The average Bonchev–Trinajstić information content (AvgIpc) is 2.84. The molecular weight excluding hydrogens is 326 g/mol. The first-order valence-electron chi connectivity index (χ1n) is 8.46. The lowest BCUT2D eigenvalue weighted by molar-refractivity contribution is 0.0672. The fourth-order valence-electron chi connectivity index (χ4n) is 2.93. The van der Waals surface area contributed by atoms with Gasteiger partial charge in [0.05, 0.1) is 17.6 Å². The summed E-state index contributed by atoms with van der Waals surface area (Å²) in [5.74, 6) is 1.13. The van der Waals surface area contributed by atoms with Crippen molar-refractivity contribution < 1.29 is 17.9 Å². The zero-order valence-corrected chi connectivity index (χ0v) is 15.7. The van der Waals surface area contributed by atoms with E-state index in [9.17, 15) is 13.2 Å². The Morgan fingerprint density at radius 3 is 2.29 bits per heavy atom. The Labute approximate surface area is 144 Å². The third-order valence-corrected chi connectivity index (χ3v) is 5.70. The normalized spacial score (nSPS) is 19.7. The molecular formula is C18H27NO4S. The van der Waals surface area contributed by atoms with Crippen LogP contribution in [0.2, 0.25) is 0 Å². The smallest absolute Gasteiger partial charge is 0.254 e. The summed E-state index contributed by atoms with van der Waals surface area (Å²) in [6, 6.07) is 6.84. The van der Waals surface area contributed by atoms with E-state index >= 15 is 0 Å². The van der Waals surface area contributed by atoms with Gasteiger partial charge in [-0.25, -0.2) is 8.42 Å². The highest BCUT2D eigenvalue weighted by Gasteiger charge is 2.35. The largest absolute Gasteiger partial charge is 0.491 e. The Kier molecular flexibility index (Phi) is 5.91. The molecule has 24 heavy (non-hydrogen) atoms. The van der Waals surface area contributed by atoms with E-state index in [1.165, 1.54) is 0 Å². The second-order valence-electron chi connectivity index (χ2n) is 7.10. The predicted octanol–water partition coefficient (Wildman–Crippen LogP) is 2.76. The molecule has 1 heterocycles. The van der Waals surface area contributed by atoms with Crippen LogP contribution < -0.4 is 4.74 Å². The molecule has 1 atom stereocenters. The quantitative estimate of drug-likeness (QED) is 0.789. The number of hydrogen-bond acceptors (Lipinski definition) is 4. The zero-order chi connectivity index (χ0) is 17.9. The van der Waals surface area contributed by atoms with Gasteiger partial charge in [-0.05, 0) is 50.5 Å². The van der Waals surface area contributed by atoms with Crippen molar-refractivity contribution in [3.8, 4) is 5.75 Å². The van der Waals surface area contributed by atoms with Crippen molar-refractivity contribution in [2.24, 2.45) is 5.92 Å². The molecule has 1 aromatic rings. The van der Waals surface area contributed by atoms with Crippen LogP contribution in [-0.4, -0.2) is 49.4 Å². The Bertz CT molecular complexity index is 665. The summed E-state index contributed by atoms with van der Waals surface area (Å²) < 4.78 is 29.2. The van der Waals surface area contributed by atoms with Crippen LogP contribution >= 0.6 is 0 Å². The molecule has 5 nitrogen and oxygen atoms in total. The van der Waals surface area contributed by atoms with Gasteiger partial charge < -0.3 is 9.64 Å². The minimum absolute atomic E-state index is 0.0694. The number of rotatable bonds is 6. The molecule has 1 aromatic carbocycles. The molecule has 0 unspecified atom stereocenters. The van der Waals surface area contributed by atoms with E-state index in [4.69, 9.17) is 4.74 Å². The second-order valence-corrected chi connectivity index (χ2v) is 9.33. The fraction of sp³-hybridized carbons (Fsp3) is 0.611. The topological polar surface area (TPSA) is 63.7 Å². The van der Waals surface area contributed by atoms with Gasteiger partial charge in [0.25, 0.3) is 5.91 Å². The van der Waals surface area contributed by atoms with Crippen molar-refractivity contribution in [3.63, 3.8) is 0 Å². The molecule has 0 N–H and O–H groups in total. The van der Waals surface area contributed by atoms with Crippen LogP contribution in [0, 0.1) is 5.92 Å². The van der Waals surface area contributed by atoms with Crippen molar-refractivity contribution in [2.45, 2.75) is 46.3 Å². The second kappa shape index (κ2) is 7.55. The lowest BCUT2D eigenvalue weighted by atomic mass is 10.1. The molecule has 1 aliphatic heterocycles. The average molecular weight is 353 g/mol. The molecule has 134 valence electrons. The summed E-state index contributed by atoms with van der Waals surface area (Å²) in [5, 5.41) is 0. The molecule has 0 spiro atoms. The number of nitrogens with zero attached hydrogens (tertiary/aromatic N) is 1. The number of hydrogen-bond donors (Lipinski definition) is 0. The number of amides is 1. The molecule has 1 aliphatic rings. The van der Waals surface area contributed by atoms with Crippen LogP contribution in [0.15, 0.2) is 24.3 Å². The van der Waals surface area contributed by atoms with Gasteiger partial charge in [-0.1, -0.05) is 13.8 Å². The van der Waals surface area contributed by atoms with E-state index in [1.807, 2.05) is 27.7 Å². The van der Waals surface area contributed by atoms with E-state index in [1.54, 1.807) is 29.2 Å². The molecule has 6 heteroatoms. The number of carbonyl (C=O) groups excluding carboxylic acids is 1. The van der Waals surface area contributed by atoms with Gasteiger partial charge in [0.1, 0.15) is 5.75 Å². The highest BCUT2D eigenvalue weighted by Crippen LogP contribution is 2.22. The van der Waals surface area contributed by atoms with Crippen molar-refractivity contribution in [3.05, 3.63) is 29.8 Å². The summed E-state index contributed by atoms with van der Waals surface area (Å²) in [7, 11) is -3.03. The van der Waals surface area contributed by atoms with Crippen molar-refractivity contribution in [1.82, 2.24) is 4.90 Å². The van der Waals surface area contributed by atoms with E-state index in [-0.39, 0.29) is 35.5 Å². The number of benzene rings is 1. The van der Waals surface area contributed by atoms with E-state index in [0.717, 1.165) is 5.75 Å². The lowest BCUT2D eigenvalue weighted by Crippen LogP contribution is -2.43. The molecule has 0 aromatic heterocycles. The Hall–Kier alpha value is -1.56. The van der Waals surface area contributed by atoms with Gasteiger partial charge in [-0.3, -0.25) is 4.79 Å². The Morgan fingerprint density at radius 2 is 1.83 bits per heavy atom. The van der Waals surface area contributed by atoms with Gasteiger partial charge in [0.15, 0.2) is 9.84 Å². The third kappa shape index (κ3) is 4.97. The van der Waals surface area contributed by atoms with Crippen LogP contribution in [-0.2, 0) is 9.84 Å². The van der Waals surface area contributed by atoms with Crippen LogP contribution in [0.1, 0.15) is 44.5 Å². The fourth-order valence-corrected chi connectivity index (χ4v) is 4.66. The van der Waals surface area contributed by atoms with Crippen molar-refractivity contribution in [2.75, 3.05) is 18.1 Å². The molecule has 2 rings (SSSR count). The summed E-state index contributed by atoms with van der Waals surface area (Å²) >= 11 is 0. The maximum absolute atomic E-state index is 12.9. The number of carbonyl (C=O) groups is 1. The standard InChI is InChI=1S/C18H27NO4S/c1-13(2)11-19(16-9-10-24(21,22)12-16)18(20)15-5-7-17(8-6-15)23-14(3)4/h5-8,13-14,16H,9-12H2,1-4H3/t16-/m0/s1. The third-order valence-electron chi connectivity index (χ3n) is 3.94. The van der Waals surface area contributed by atoms with Gasteiger partial charge >= 0.3 is 0 Å². The van der Waals surface area contributed by atoms with Gasteiger partial charge in [-0.15, -0.1) is 0 Å². The van der Waals surface area contributed by atoms with Crippen LogP contribution in [0.25, 0.3) is 0 Å². The minimum Gasteiger partial charge on any atom is -0.491 e. The first-order valence-corrected chi connectivity index (χ1v) is 10.3. The van der Waals surface area contributed by atoms with E-state index < -0.39 is 9.84 Å². The van der Waals surface area contributed by atoms with Crippen molar-refractivity contribution >= 4 is 15.7 Å². The van der Waals surface area contributed by atoms with E-state index in [0.29, 0.717) is 18.5 Å². The first kappa shape index (κ1) is 18.8. The van der Waals surface area contributed by atoms with Gasteiger partial charge in [0.2, 0.25) is 0 Å². The molecule has 1 saturated heterocycles. The molecule has 0 bridgehead atoms. The van der Waals surface area contributed by atoms with Crippen LogP contribution in [0.4, 0.5) is 0 Å². The SMILES string of the molecule is CC(C)CN(C(=O)c1ccc(OC(C)C)cc1)[C@H]1CCS(=O)(=O)C1. The lowest BCUT2D eigenvalue weighted by Gasteiger charge is -2.30. The molecule has 1 amide bonds. The highest BCUT2D eigenvalue weighted by molar-refractivity contribution is 7.91. The maximum atomic E-state index is 12.9. The predicted molar refractivity (Wildman–Crippen MR) is 95.1 cm³/mol. The monoisotopic (exact) mass is 353 g/mol. The molecule has 1 fully saturated rings. The van der Waals surface area contributed by atoms with E-state index in [2.05, 4.69) is 0 Å². The molecule has 0 aliphatic carbocycles. The number of ether oxygens (including phenoxy) is 1. The Morgan fingerprint density at radius 1 is 1.21 bits per heavy atom. The summed E-state index contributed by atoms with van der Waals surface area (Å²) in [6.07, 6.45) is 0.600. The van der Waals surface area contributed by atoms with Gasteiger partial charge in [-0.2, -0.15) is 0 Å². The summed E-state index contributed by atoms with van der Waals surface area (Å²) in [6.45, 7) is 8.52. The molecule has 0 saturated carbocycles. The van der Waals surface area contributed by atoms with Crippen LogP contribution in [0.3, 0.4) is 0 Å². The zero-order valence-electron chi connectivity index (χ0n) is 14.9.